The van der Waals surface area contributed by atoms with E-state index in [9.17, 15) is 9.59 Å². The molecule has 1 aromatic carbocycles. The summed E-state index contributed by atoms with van der Waals surface area (Å²) in [7, 11) is 0. The van der Waals surface area contributed by atoms with Crippen molar-refractivity contribution in [1.29, 1.82) is 0 Å². The molecule has 1 aliphatic heterocycles. The Labute approximate surface area is 144 Å². The molecule has 0 bridgehead atoms. The minimum absolute atomic E-state index is 0.0912. The van der Waals surface area contributed by atoms with Gasteiger partial charge in [-0.3, -0.25) is 4.79 Å². The van der Waals surface area contributed by atoms with E-state index in [1.54, 1.807) is 24.3 Å². The second-order valence-electron chi connectivity index (χ2n) is 5.85. The number of cyclic esters (lactones) is 1. The summed E-state index contributed by atoms with van der Waals surface area (Å²) >= 11 is 0. The largest absolute Gasteiger partial charge is 0.489 e. The van der Waals surface area contributed by atoms with Crippen LogP contribution < -0.4 is 4.74 Å². The molecule has 0 spiro atoms. The van der Waals surface area contributed by atoms with Crippen LogP contribution in [0.5, 0.6) is 5.75 Å². The molecule has 132 valence electrons. The van der Waals surface area contributed by atoms with Crippen LogP contribution in [0.15, 0.2) is 28.8 Å². The topological polar surface area (TPSA) is 87.9 Å². The van der Waals surface area contributed by atoms with Crippen LogP contribution in [0.1, 0.15) is 29.0 Å². The van der Waals surface area contributed by atoms with Crippen LogP contribution >= 0.6 is 0 Å². The van der Waals surface area contributed by atoms with E-state index >= 15 is 0 Å². The van der Waals surface area contributed by atoms with Crippen LogP contribution in [0, 0.1) is 13.8 Å². The Hall–Kier alpha value is -2.83. The smallest absolute Gasteiger partial charge is 0.347 e. The Morgan fingerprint density at radius 1 is 1.28 bits per heavy atom. The van der Waals surface area contributed by atoms with Crippen molar-refractivity contribution in [3.63, 3.8) is 0 Å². The fraction of sp³-hybridized carbons (Fsp3) is 0.389. The molecule has 3 rings (SSSR count). The first-order valence-corrected chi connectivity index (χ1v) is 8.02. The van der Waals surface area contributed by atoms with Gasteiger partial charge in [-0.1, -0.05) is 17.3 Å². The highest BCUT2D eigenvalue weighted by Gasteiger charge is 2.30. The first-order chi connectivity index (χ1) is 12.0. The molecule has 0 radical (unpaired) electrons. The summed E-state index contributed by atoms with van der Waals surface area (Å²) in [6.45, 7) is 4.37. The van der Waals surface area contributed by atoms with Gasteiger partial charge in [-0.15, -0.1) is 0 Å². The van der Waals surface area contributed by atoms with Crippen molar-refractivity contribution in [3.05, 3.63) is 46.8 Å². The van der Waals surface area contributed by atoms with Crippen LogP contribution in [0.4, 0.5) is 0 Å². The first kappa shape index (κ1) is 17.0. The lowest BCUT2D eigenvalue weighted by atomic mass is 10.1. The summed E-state index contributed by atoms with van der Waals surface area (Å²) in [6.07, 6.45) is -0.266. The first-order valence-electron chi connectivity index (χ1n) is 8.02. The summed E-state index contributed by atoms with van der Waals surface area (Å²) in [5, 5.41) is 3.88. The number of aryl methyl sites for hydroxylation is 2. The molecular weight excluding hydrogens is 326 g/mol. The van der Waals surface area contributed by atoms with Crippen molar-refractivity contribution in [3.8, 4) is 5.75 Å². The van der Waals surface area contributed by atoms with Gasteiger partial charge in [0, 0.05) is 6.42 Å². The lowest BCUT2D eigenvalue weighted by molar-refractivity contribution is -0.159. The molecular formula is C18H19NO6. The second kappa shape index (κ2) is 7.38. The van der Waals surface area contributed by atoms with E-state index in [0.29, 0.717) is 25.4 Å². The van der Waals surface area contributed by atoms with Crippen LogP contribution in [0.3, 0.4) is 0 Å². The number of benzene rings is 1. The van der Waals surface area contributed by atoms with Crippen molar-refractivity contribution in [1.82, 2.24) is 5.16 Å². The average Bonchev–Trinajstić information content (AvgIpc) is 3.13. The van der Waals surface area contributed by atoms with E-state index in [0.717, 1.165) is 22.6 Å². The van der Waals surface area contributed by atoms with Crippen molar-refractivity contribution < 1.29 is 28.3 Å². The van der Waals surface area contributed by atoms with Gasteiger partial charge >= 0.3 is 11.9 Å². The number of nitrogens with zero attached hydrogens (tertiary/aromatic N) is 1. The molecule has 0 amide bonds. The standard InChI is InChI=1S/C18H19NO6/c1-11-15(12(2)25-19-11)10-23-14-5-3-13(4-6-14)9-17(20)24-16-7-8-22-18(16)21/h3-6,16H,7-10H2,1-2H3. The normalized spacial score (nSPS) is 16.6. The van der Waals surface area contributed by atoms with Crippen LogP contribution in [0.25, 0.3) is 0 Å². The number of rotatable bonds is 6. The third-order valence-corrected chi connectivity index (χ3v) is 4.00. The van der Waals surface area contributed by atoms with E-state index in [4.69, 9.17) is 18.7 Å². The number of esters is 2. The van der Waals surface area contributed by atoms with Gasteiger partial charge in [0.2, 0.25) is 6.10 Å². The lowest BCUT2D eigenvalue weighted by Gasteiger charge is -2.09. The zero-order valence-corrected chi connectivity index (χ0v) is 14.1. The van der Waals surface area contributed by atoms with Gasteiger partial charge in [0.15, 0.2) is 0 Å². The molecule has 0 aliphatic carbocycles. The number of hydrogen-bond donors (Lipinski definition) is 0. The molecule has 1 aromatic heterocycles. The Morgan fingerprint density at radius 2 is 2.04 bits per heavy atom. The Morgan fingerprint density at radius 3 is 2.64 bits per heavy atom. The van der Waals surface area contributed by atoms with E-state index in [1.807, 2.05) is 13.8 Å². The molecule has 2 heterocycles. The number of ether oxygens (including phenoxy) is 3. The van der Waals surface area contributed by atoms with E-state index in [-0.39, 0.29) is 6.42 Å². The summed E-state index contributed by atoms with van der Waals surface area (Å²) in [6, 6.07) is 7.14. The average molecular weight is 345 g/mol. The molecule has 1 saturated heterocycles. The maximum Gasteiger partial charge on any atom is 0.347 e. The highest BCUT2D eigenvalue weighted by molar-refractivity contribution is 5.81. The maximum atomic E-state index is 11.9. The molecule has 7 heteroatoms. The minimum Gasteiger partial charge on any atom is -0.489 e. The molecule has 1 aliphatic rings. The van der Waals surface area contributed by atoms with Gasteiger partial charge in [0.05, 0.1) is 24.3 Å². The summed E-state index contributed by atoms with van der Waals surface area (Å²) < 4.78 is 20.7. The van der Waals surface area contributed by atoms with Crippen LogP contribution in [0.2, 0.25) is 0 Å². The highest BCUT2D eigenvalue weighted by Crippen LogP contribution is 2.18. The SMILES string of the molecule is Cc1noc(C)c1COc1ccc(CC(=O)OC2CCOC2=O)cc1. The summed E-state index contributed by atoms with van der Waals surface area (Å²) in [4.78, 5) is 23.2. The van der Waals surface area contributed by atoms with Crippen molar-refractivity contribution in [2.75, 3.05) is 6.61 Å². The molecule has 2 aromatic rings. The van der Waals surface area contributed by atoms with Gasteiger partial charge in [-0.2, -0.15) is 0 Å². The molecule has 25 heavy (non-hydrogen) atoms. The van der Waals surface area contributed by atoms with Gasteiger partial charge in [0.1, 0.15) is 18.1 Å². The van der Waals surface area contributed by atoms with Gasteiger partial charge < -0.3 is 18.7 Å². The lowest BCUT2D eigenvalue weighted by Crippen LogP contribution is -2.23. The van der Waals surface area contributed by atoms with Gasteiger partial charge in [-0.05, 0) is 31.5 Å². The van der Waals surface area contributed by atoms with Crippen molar-refractivity contribution in [2.24, 2.45) is 0 Å². The zero-order valence-electron chi connectivity index (χ0n) is 14.1. The summed E-state index contributed by atoms with van der Waals surface area (Å²) in [5.41, 5.74) is 2.51. The molecule has 7 nitrogen and oxygen atoms in total. The number of aromatic nitrogens is 1. The third kappa shape index (κ3) is 4.17. The van der Waals surface area contributed by atoms with E-state index in [2.05, 4.69) is 5.16 Å². The fourth-order valence-corrected chi connectivity index (χ4v) is 2.52. The van der Waals surface area contributed by atoms with E-state index in [1.165, 1.54) is 0 Å². The third-order valence-electron chi connectivity index (χ3n) is 4.00. The molecule has 1 atom stereocenters. The van der Waals surface area contributed by atoms with Crippen molar-refractivity contribution >= 4 is 11.9 Å². The van der Waals surface area contributed by atoms with Crippen LogP contribution in [-0.2, 0) is 32.1 Å². The Balaban J connectivity index is 1.51. The second-order valence-corrected chi connectivity index (χ2v) is 5.85. The van der Waals surface area contributed by atoms with Gasteiger partial charge in [0.25, 0.3) is 0 Å². The van der Waals surface area contributed by atoms with Crippen molar-refractivity contribution in [2.45, 2.75) is 39.4 Å². The Kier molecular flexibility index (Phi) is 5.02. The molecule has 1 unspecified atom stereocenters. The van der Waals surface area contributed by atoms with Crippen LogP contribution in [-0.4, -0.2) is 29.8 Å². The Bertz CT molecular complexity index is 745. The highest BCUT2D eigenvalue weighted by atomic mass is 16.6. The molecule has 0 saturated carbocycles. The maximum absolute atomic E-state index is 11.9. The summed E-state index contributed by atoms with van der Waals surface area (Å²) in [5.74, 6) is 0.489. The monoisotopic (exact) mass is 345 g/mol. The number of hydrogen-bond acceptors (Lipinski definition) is 7. The predicted molar refractivity (Wildman–Crippen MR) is 85.9 cm³/mol. The van der Waals surface area contributed by atoms with Gasteiger partial charge in [-0.25, -0.2) is 4.79 Å². The molecule has 0 N–H and O–H groups in total. The molecule has 1 fully saturated rings. The minimum atomic E-state index is -0.773. The van der Waals surface area contributed by atoms with E-state index < -0.39 is 18.0 Å². The zero-order chi connectivity index (χ0) is 17.8. The fourth-order valence-electron chi connectivity index (χ4n) is 2.52. The number of carbonyl (C=O) groups is 2. The quantitative estimate of drug-likeness (QED) is 0.742. The number of carbonyl (C=O) groups excluding carboxylic acids is 2. The predicted octanol–water partition coefficient (Wildman–Crippen LogP) is 2.27.